The van der Waals surface area contributed by atoms with Gasteiger partial charge in [0.1, 0.15) is 0 Å². The number of rotatable bonds is 8. The molecular weight excluding hydrogens is 238 g/mol. The molecule has 0 saturated carbocycles. The minimum absolute atomic E-state index is 0.0393. The Morgan fingerprint density at radius 2 is 1.95 bits per heavy atom. The van der Waals surface area contributed by atoms with Crippen molar-refractivity contribution in [2.24, 2.45) is 5.73 Å². The van der Waals surface area contributed by atoms with Gasteiger partial charge in [0, 0.05) is 18.7 Å². The summed E-state index contributed by atoms with van der Waals surface area (Å²) in [5.74, 6) is 0.0393. The number of hydrogen-bond acceptors (Lipinski definition) is 3. The highest BCUT2D eigenvalue weighted by molar-refractivity contribution is 5.91. The van der Waals surface area contributed by atoms with Crippen molar-refractivity contribution in [2.45, 2.75) is 33.2 Å². The number of carbonyl (C=O) groups is 1. The molecule has 0 heterocycles. The van der Waals surface area contributed by atoms with Gasteiger partial charge < -0.3 is 11.1 Å². The van der Waals surface area contributed by atoms with Crippen LogP contribution in [-0.4, -0.2) is 30.4 Å². The Kier molecular flexibility index (Phi) is 7.15. The molecule has 3 N–H and O–H groups in total. The molecule has 0 fully saturated rings. The fourth-order valence-electron chi connectivity index (χ4n) is 1.94. The summed E-state index contributed by atoms with van der Waals surface area (Å²) in [6, 6.07) is 7.98. The number of anilines is 1. The second kappa shape index (κ2) is 8.67. The van der Waals surface area contributed by atoms with E-state index in [1.54, 1.807) is 0 Å². The van der Waals surface area contributed by atoms with Crippen LogP contribution in [0.5, 0.6) is 0 Å². The third kappa shape index (κ3) is 5.41. The average Bonchev–Trinajstić information content (AvgIpc) is 2.44. The van der Waals surface area contributed by atoms with E-state index < -0.39 is 0 Å². The summed E-state index contributed by atoms with van der Waals surface area (Å²) in [5.41, 5.74) is 7.49. The average molecular weight is 263 g/mol. The van der Waals surface area contributed by atoms with Gasteiger partial charge in [0.15, 0.2) is 0 Å². The van der Waals surface area contributed by atoms with E-state index in [1.807, 2.05) is 18.2 Å². The first-order valence-electron chi connectivity index (χ1n) is 7.01. The molecule has 1 aromatic carbocycles. The molecule has 19 heavy (non-hydrogen) atoms. The summed E-state index contributed by atoms with van der Waals surface area (Å²) in [5, 5.41) is 2.98. The van der Waals surface area contributed by atoms with Gasteiger partial charge in [-0.25, -0.2) is 0 Å². The molecule has 0 aliphatic carbocycles. The summed E-state index contributed by atoms with van der Waals surface area (Å²) in [4.78, 5) is 14.1. The van der Waals surface area contributed by atoms with E-state index in [2.05, 4.69) is 30.1 Å². The molecule has 1 aromatic rings. The number of nitrogens with two attached hydrogens (primary N) is 1. The van der Waals surface area contributed by atoms with Crippen LogP contribution in [0.25, 0.3) is 0 Å². The largest absolute Gasteiger partial charge is 0.330 e. The zero-order valence-electron chi connectivity index (χ0n) is 12.0. The Morgan fingerprint density at radius 1 is 1.26 bits per heavy atom. The minimum atomic E-state index is 0.0393. The summed E-state index contributed by atoms with van der Waals surface area (Å²) in [6.45, 7) is 7.71. The Bertz CT molecular complexity index is 389. The highest BCUT2D eigenvalue weighted by atomic mass is 16.1. The Balaban J connectivity index is 2.69. The normalized spacial score (nSPS) is 10.7. The molecule has 0 atom stereocenters. The third-order valence-corrected chi connectivity index (χ3v) is 3.19. The zero-order chi connectivity index (χ0) is 14.1. The molecule has 1 rings (SSSR count). The topological polar surface area (TPSA) is 58.4 Å². The second-order valence-corrected chi connectivity index (χ2v) is 4.56. The molecule has 4 heteroatoms. The van der Waals surface area contributed by atoms with Gasteiger partial charge >= 0.3 is 0 Å². The van der Waals surface area contributed by atoms with E-state index in [0.717, 1.165) is 37.3 Å². The molecule has 0 saturated heterocycles. The quantitative estimate of drug-likeness (QED) is 0.756. The summed E-state index contributed by atoms with van der Waals surface area (Å²) >= 11 is 0. The fourth-order valence-corrected chi connectivity index (χ4v) is 1.94. The maximum absolute atomic E-state index is 11.8. The van der Waals surface area contributed by atoms with Gasteiger partial charge in [0.25, 0.3) is 0 Å². The van der Waals surface area contributed by atoms with E-state index in [9.17, 15) is 4.79 Å². The van der Waals surface area contributed by atoms with Crippen LogP contribution < -0.4 is 11.1 Å². The van der Waals surface area contributed by atoms with Gasteiger partial charge in [-0.3, -0.25) is 9.69 Å². The summed E-state index contributed by atoms with van der Waals surface area (Å²) in [7, 11) is 0. The Labute approximate surface area is 116 Å². The molecule has 0 bridgehead atoms. The molecule has 106 valence electrons. The lowest BCUT2D eigenvalue weighted by Crippen LogP contribution is -2.23. The van der Waals surface area contributed by atoms with Crippen molar-refractivity contribution in [3.8, 4) is 0 Å². The van der Waals surface area contributed by atoms with Crippen LogP contribution in [0.15, 0.2) is 24.3 Å². The van der Waals surface area contributed by atoms with Crippen LogP contribution in [0.3, 0.4) is 0 Å². The first-order chi connectivity index (χ1) is 9.21. The SMILES string of the molecule is CCN(CC)Cc1ccccc1NC(=O)CCCN. The summed E-state index contributed by atoms with van der Waals surface area (Å²) in [6.07, 6.45) is 1.21. The smallest absolute Gasteiger partial charge is 0.224 e. The molecule has 0 unspecified atom stereocenters. The van der Waals surface area contributed by atoms with E-state index in [0.29, 0.717) is 13.0 Å². The lowest BCUT2D eigenvalue weighted by molar-refractivity contribution is -0.116. The zero-order valence-corrected chi connectivity index (χ0v) is 12.0. The van der Waals surface area contributed by atoms with Crippen LogP contribution in [0.4, 0.5) is 5.69 Å². The van der Waals surface area contributed by atoms with Crippen molar-refractivity contribution in [1.82, 2.24) is 4.90 Å². The number of nitrogens with zero attached hydrogens (tertiary/aromatic N) is 1. The Morgan fingerprint density at radius 3 is 2.58 bits per heavy atom. The van der Waals surface area contributed by atoms with Crippen LogP contribution in [0.1, 0.15) is 32.3 Å². The van der Waals surface area contributed by atoms with E-state index in [4.69, 9.17) is 5.73 Å². The van der Waals surface area contributed by atoms with Crippen LogP contribution >= 0.6 is 0 Å². The summed E-state index contributed by atoms with van der Waals surface area (Å²) < 4.78 is 0. The van der Waals surface area contributed by atoms with E-state index in [1.165, 1.54) is 0 Å². The van der Waals surface area contributed by atoms with Crippen LogP contribution in [-0.2, 0) is 11.3 Å². The predicted octanol–water partition coefficient (Wildman–Crippen LogP) is 2.21. The van der Waals surface area contributed by atoms with Gasteiger partial charge in [-0.05, 0) is 37.7 Å². The van der Waals surface area contributed by atoms with Gasteiger partial charge in [-0.2, -0.15) is 0 Å². The van der Waals surface area contributed by atoms with Crippen molar-refractivity contribution in [1.29, 1.82) is 0 Å². The first kappa shape index (κ1) is 15.7. The number of hydrogen-bond donors (Lipinski definition) is 2. The highest BCUT2D eigenvalue weighted by Gasteiger charge is 2.08. The fraction of sp³-hybridized carbons (Fsp3) is 0.533. The maximum Gasteiger partial charge on any atom is 0.224 e. The van der Waals surface area contributed by atoms with Gasteiger partial charge in [-0.1, -0.05) is 32.0 Å². The van der Waals surface area contributed by atoms with Crippen molar-refractivity contribution in [3.63, 3.8) is 0 Å². The molecule has 0 spiro atoms. The van der Waals surface area contributed by atoms with Gasteiger partial charge in [0.05, 0.1) is 0 Å². The van der Waals surface area contributed by atoms with Gasteiger partial charge in [-0.15, -0.1) is 0 Å². The number of nitrogens with one attached hydrogen (secondary N) is 1. The lowest BCUT2D eigenvalue weighted by atomic mass is 10.1. The predicted molar refractivity (Wildman–Crippen MR) is 80.0 cm³/mol. The van der Waals surface area contributed by atoms with Crippen LogP contribution in [0.2, 0.25) is 0 Å². The number of para-hydroxylation sites is 1. The number of amides is 1. The molecule has 0 aromatic heterocycles. The molecule has 0 aliphatic rings. The molecule has 1 amide bonds. The molecule has 0 radical (unpaired) electrons. The molecule has 4 nitrogen and oxygen atoms in total. The molecular formula is C15H25N3O. The van der Waals surface area contributed by atoms with E-state index >= 15 is 0 Å². The van der Waals surface area contributed by atoms with E-state index in [-0.39, 0.29) is 5.91 Å². The number of benzene rings is 1. The number of carbonyl (C=O) groups excluding carboxylic acids is 1. The maximum atomic E-state index is 11.8. The first-order valence-corrected chi connectivity index (χ1v) is 7.01. The molecule has 0 aliphatic heterocycles. The van der Waals surface area contributed by atoms with Crippen molar-refractivity contribution in [2.75, 3.05) is 25.0 Å². The van der Waals surface area contributed by atoms with Crippen molar-refractivity contribution >= 4 is 11.6 Å². The van der Waals surface area contributed by atoms with Crippen LogP contribution in [0, 0.1) is 0 Å². The third-order valence-electron chi connectivity index (χ3n) is 3.19. The standard InChI is InChI=1S/C15H25N3O/c1-3-18(4-2)12-13-8-5-6-9-14(13)17-15(19)10-7-11-16/h5-6,8-9H,3-4,7,10-12,16H2,1-2H3,(H,17,19). The minimum Gasteiger partial charge on any atom is -0.330 e. The van der Waals surface area contributed by atoms with Crippen molar-refractivity contribution in [3.05, 3.63) is 29.8 Å². The lowest BCUT2D eigenvalue weighted by Gasteiger charge is -2.20. The highest BCUT2D eigenvalue weighted by Crippen LogP contribution is 2.17. The Hall–Kier alpha value is -1.39. The monoisotopic (exact) mass is 263 g/mol. The second-order valence-electron chi connectivity index (χ2n) is 4.56. The van der Waals surface area contributed by atoms with Crippen molar-refractivity contribution < 1.29 is 4.79 Å². The van der Waals surface area contributed by atoms with Gasteiger partial charge in [0.2, 0.25) is 5.91 Å².